The summed E-state index contributed by atoms with van der Waals surface area (Å²) < 4.78 is 13.2. The molecule has 2 heteroatoms. The summed E-state index contributed by atoms with van der Waals surface area (Å²) in [5.41, 5.74) is 1.86. The molecule has 0 spiro atoms. The van der Waals surface area contributed by atoms with Crippen LogP contribution in [-0.4, -0.2) is 5.11 Å². The molecule has 1 unspecified atom stereocenters. The third-order valence-corrected chi connectivity index (χ3v) is 3.43. The Hall–Kier alpha value is -1.67. The summed E-state index contributed by atoms with van der Waals surface area (Å²) in [6.07, 6.45) is 1.47. The smallest absolute Gasteiger partial charge is 0.123 e. The molecule has 0 fully saturated rings. The van der Waals surface area contributed by atoms with Crippen LogP contribution in [0.3, 0.4) is 0 Å². The molecule has 2 aromatic carbocycles. The summed E-state index contributed by atoms with van der Waals surface area (Å²) in [7, 11) is 0. The van der Waals surface area contributed by atoms with Crippen molar-refractivity contribution in [3.63, 3.8) is 0 Å². The highest BCUT2D eigenvalue weighted by atomic mass is 19.1. The summed E-state index contributed by atoms with van der Waals surface area (Å²) in [4.78, 5) is 0. The lowest BCUT2D eigenvalue weighted by Gasteiger charge is -2.24. The molecule has 0 amide bonds. The zero-order valence-electron chi connectivity index (χ0n) is 11.4. The molecule has 0 bridgehead atoms. The van der Waals surface area contributed by atoms with Crippen molar-refractivity contribution in [3.05, 3.63) is 71.0 Å². The fourth-order valence-corrected chi connectivity index (χ4v) is 2.22. The Morgan fingerprint density at radius 1 is 1.05 bits per heavy atom. The molecule has 1 nitrogen and oxygen atoms in total. The zero-order chi connectivity index (χ0) is 13.9. The number of hydrogen-bond donors (Lipinski definition) is 1. The van der Waals surface area contributed by atoms with E-state index in [2.05, 4.69) is 19.1 Å². The van der Waals surface area contributed by atoms with Crippen LogP contribution in [0.5, 0.6) is 0 Å². The van der Waals surface area contributed by atoms with Gasteiger partial charge in [-0.15, -0.1) is 0 Å². The third kappa shape index (κ3) is 3.42. The van der Waals surface area contributed by atoms with E-state index in [1.807, 2.05) is 12.1 Å². The number of aryl methyl sites for hydroxylation is 1. The number of hydrogen-bond acceptors (Lipinski definition) is 1. The quantitative estimate of drug-likeness (QED) is 0.883. The number of aliphatic hydroxyl groups is 1. The van der Waals surface area contributed by atoms with Crippen LogP contribution >= 0.6 is 0 Å². The summed E-state index contributed by atoms with van der Waals surface area (Å²) in [6.45, 7) is 3.83. The second-order valence-corrected chi connectivity index (χ2v) is 5.13. The lowest BCUT2D eigenvalue weighted by atomic mass is 9.89. The SMILES string of the molecule is CCc1ccc(CC(C)(O)c2cccc(F)c2)cc1. The number of rotatable bonds is 4. The highest BCUT2D eigenvalue weighted by Gasteiger charge is 2.23. The van der Waals surface area contributed by atoms with Crippen molar-refractivity contribution in [2.75, 3.05) is 0 Å². The molecule has 0 aliphatic rings. The highest BCUT2D eigenvalue weighted by molar-refractivity contribution is 5.28. The first-order valence-corrected chi connectivity index (χ1v) is 6.57. The maximum absolute atomic E-state index is 13.2. The van der Waals surface area contributed by atoms with E-state index in [4.69, 9.17) is 0 Å². The van der Waals surface area contributed by atoms with Crippen molar-refractivity contribution in [2.24, 2.45) is 0 Å². The van der Waals surface area contributed by atoms with Gasteiger partial charge in [-0.1, -0.05) is 43.3 Å². The van der Waals surface area contributed by atoms with Gasteiger partial charge in [-0.3, -0.25) is 0 Å². The lowest BCUT2D eigenvalue weighted by Crippen LogP contribution is -2.24. The van der Waals surface area contributed by atoms with Gasteiger partial charge in [0.2, 0.25) is 0 Å². The molecule has 19 heavy (non-hydrogen) atoms. The van der Waals surface area contributed by atoms with Gasteiger partial charge in [0.05, 0.1) is 5.60 Å². The average Bonchev–Trinajstić information content (AvgIpc) is 2.39. The largest absolute Gasteiger partial charge is 0.385 e. The van der Waals surface area contributed by atoms with E-state index in [-0.39, 0.29) is 5.82 Å². The molecular weight excluding hydrogens is 239 g/mol. The van der Waals surface area contributed by atoms with E-state index in [1.54, 1.807) is 19.1 Å². The molecule has 0 aromatic heterocycles. The Morgan fingerprint density at radius 2 is 1.68 bits per heavy atom. The van der Waals surface area contributed by atoms with Gasteiger partial charge >= 0.3 is 0 Å². The van der Waals surface area contributed by atoms with E-state index in [9.17, 15) is 9.50 Å². The predicted molar refractivity (Wildman–Crippen MR) is 75.5 cm³/mol. The molecule has 100 valence electrons. The maximum Gasteiger partial charge on any atom is 0.123 e. The zero-order valence-corrected chi connectivity index (χ0v) is 11.4. The second-order valence-electron chi connectivity index (χ2n) is 5.13. The van der Waals surface area contributed by atoms with Crippen LogP contribution in [0.4, 0.5) is 4.39 Å². The minimum absolute atomic E-state index is 0.320. The molecular formula is C17H19FO. The summed E-state index contributed by atoms with van der Waals surface area (Å²) in [5.74, 6) is -0.320. The molecule has 0 heterocycles. The van der Waals surface area contributed by atoms with Gasteiger partial charge in [-0.25, -0.2) is 4.39 Å². The summed E-state index contributed by atoms with van der Waals surface area (Å²) in [5, 5.41) is 10.5. The third-order valence-electron chi connectivity index (χ3n) is 3.43. The van der Waals surface area contributed by atoms with Crippen LogP contribution in [0.25, 0.3) is 0 Å². The van der Waals surface area contributed by atoms with Crippen molar-refractivity contribution < 1.29 is 9.50 Å². The van der Waals surface area contributed by atoms with Crippen LogP contribution < -0.4 is 0 Å². The second kappa shape index (κ2) is 5.54. The molecule has 0 aliphatic carbocycles. The molecule has 0 radical (unpaired) electrons. The molecule has 1 N–H and O–H groups in total. The van der Waals surface area contributed by atoms with Crippen LogP contribution in [0, 0.1) is 5.82 Å². The van der Waals surface area contributed by atoms with Crippen molar-refractivity contribution >= 4 is 0 Å². The molecule has 0 saturated heterocycles. The van der Waals surface area contributed by atoms with Gasteiger partial charge in [-0.2, -0.15) is 0 Å². The predicted octanol–water partition coefficient (Wildman–Crippen LogP) is 3.84. The Balaban J connectivity index is 2.20. The minimum Gasteiger partial charge on any atom is -0.385 e. The number of halogens is 1. The van der Waals surface area contributed by atoms with Gasteiger partial charge < -0.3 is 5.11 Å². The lowest BCUT2D eigenvalue weighted by molar-refractivity contribution is 0.0573. The van der Waals surface area contributed by atoms with Crippen LogP contribution in [0.15, 0.2) is 48.5 Å². The molecule has 0 saturated carbocycles. The normalized spacial score (nSPS) is 14.1. The Kier molecular flexibility index (Phi) is 4.01. The van der Waals surface area contributed by atoms with E-state index in [1.165, 1.54) is 17.7 Å². The van der Waals surface area contributed by atoms with Crippen LogP contribution in [-0.2, 0) is 18.4 Å². The summed E-state index contributed by atoms with van der Waals surface area (Å²) >= 11 is 0. The topological polar surface area (TPSA) is 20.2 Å². The molecule has 2 aromatic rings. The van der Waals surface area contributed by atoms with Crippen LogP contribution in [0.1, 0.15) is 30.5 Å². The van der Waals surface area contributed by atoms with Crippen LogP contribution in [0.2, 0.25) is 0 Å². The van der Waals surface area contributed by atoms with E-state index >= 15 is 0 Å². The van der Waals surface area contributed by atoms with Gasteiger partial charge in [0, 0.05) is 6.42 Å². The minimum atomic E-state index is -1.06. The highest BCUT2D eigenvalue weighted by Crippen LogP contribution is 2.26. The van der Waals surface area contributed by atoms with Gasteiger partial charge in [-0.05, 0) is 42.2 Å². The first kappa shape index (κ1) is 13.8. The Bertz CT molecular complexity index is 543. The van der Waals surface area contributed by atoms with E-state index in [0.717, 1.165) is 12.0 Å². The van der Waals surface area contributed by atoms with Crippen molar-refractivity contribution in [2.45, 2.75) is 32.3 Å². The Labute approximate surface area is 113 Å². The first-order valence-electron chi connectivity index (χ1n) is 6.57. The van der Waals surface area contributed by atoms with Gasteiger partial charge in [0.25, 0.3) is 0 Å². The van der Waals surface area contributed by atoms with Gasteiger partial charge in [0.1, 0.15) is 5.82 Å². The fourth-order valence-electron chi connectivity index (χ4n) is 2.22. The molecule has 0 aliphatic heterocycles. The molecule has 1 atom stereocenters. The molecule has 2 rings (SSSR count). The maximum atomic E-state index is 13.2. The summed E-state index contributed by atoms with van der Waals surface area (Å²) in [6, 6.07) is 14.3. The van der Waals surface area contributed by atoms with E-state index in [0.29, 0.717) is 12.0 Å². The van der Waals surface area contributed by atoms with Crippen molar-refractivity contribution in [3.8, 4) is 0 Å². The standard InChI is InChI=1S/C17H19FO/c1-3-13-7-9-14(10-8-13)12-17(2,19)15-5-4-6-16(18)11-15/h4-11,19H,3,12H2,1-2H3. The first-order chi connectivity index (χ1) is 9.01. The number of benzene rings is 2. The van der Waals surface area contributed by atoms with Crippen molar-refractivity contribution in [1.82, 2.24) is 0 Å². The fraction of sp³-hybridized carbons (Fsp3) is 0.294. The van der Waals surface area contributed by atoms with Gasteiger partial charge in [0.15, 0.2) is 0 Å². The average molecular weight is 258 g/mol. The van der Waals surface area contributed by atoms with Crippen molar-refractivity contribution in [1.29, 1.82) is 0 Å². The Morgan fingerprint density at radius 3 is 2.26 bits per heavy atom. The monoisotopic (exact) mass is 258 g/mol. The van der Waals surface area contributed by atoms with E-state index < -0.39 is 5.60 Å².